The molecule has 1 unspecified atom stereocenters. The van der Waals surface area contributed by atoms with E-state index in [4.69, 9.17) is 4.74 Å². The molecule has 1 fully saturated rings. The van der Waals surface area contributed by atoms with Crippen molar-refractivity contribution in [3.05, 3.63) is 63.1 Å². The lowest BCUT2D eigenvalue weighted by Crippen LogP contribution is -2.51. The van der Waals surface area contributed by atoms with E-state index in [0.29, 0.717) is 38.3 Å². The van der Waals surface area contributed by atoms with Gasteiger partial charge in [0.25, 0.3) is 11.8 Å². The lowest BCUT2D eigenvalue weighted by atomic mass is 9.93. The van der Waals surface area contributed by atoms with Gasteiger partial charge in [0.05, 0.1) is 54.2 Å². The Labute approximate surface area is 225 Å². The van der Waals surface area contributed by atoms with E-state index in [0.717, 1.165) is 5.01 Å². The Morgan fingerprint density at radius 2 is 1.82 bits per heavy atom. The number of aliphatic hydroxyl groups excluding tert-OH is 6. The number of nitrogens with one attached hydrogen (secondary N) is 2. The van der Waals surface area contributed by atoms with E-state index in [2.05, 4.69) is 10.4 Å². The summed E-state index contributed by atoms with van der Waals surface area (Å²) in [5, 5.41) is 63.2. The van der Waals surface area contributed by atoms with Gasteiger partial charge in [0.15, 0.2) is 6.23 Å². The molecule has 1 saturated heterocycles. The molecular weight excluding hydrogens is 524 g/mol. The summed E-state index contributed by atoms with van der Waals surface area (Å²) in [5.74, 6) is -1.41. The van der Waals surface area contributed by atoms with E-state index in [-0.39, 0.29) is 35.7 Å². The quantitative estimate of drug-likeness (QED) is 0.189. The molecule has 4 atom stereocenters. The van der Waals surface area contributed by atoms with Crippen LogP contribution in [0.5, 0.6) is 0 Å². The van der Waals surface area contributed by atoms with Crippen LogP contribution in [0.15, 0.2) is 35.8 Å². The van der Waals surface area contributed by atoms with Crippen LogP contribution in [0.25, 0.3) is 22.6 Å². The number of imide groups is 1. The molecule has 1 aromatic heterocycles. The number of H-pyrrole nitrogens is 1. The average molecular weight is 551 g/mol. The van der Waals surface area contributed by atoms with Gasteiger partial charge in [-0.1, -0.05) is 6.08 Å². The molecule has 8 N–H and O–H groups in total. The van der Waals surface area contributed by atoms with Crippen molar-refractivity contribution in [2.75, 3.05) is 24.7 Å². The van der Waals surface area contributed by atoms with Gasteiger partial charge < -0.3 is 45.3 Å². The number of aromatic nitrogens is 1. The molecule has 1 aromatic carbocycles. The highest BCUT2D eigenvalue weighted by Gasteiger charge is 2.50. The first-order valence-corrected chi connectivity index (χ1v) is 12.8. The molecule has 13 nitrogen and oxygen atoms in total. The zero-order valence-electron chi connectivity index (χ0n) is 20.9. The van der Waals surface area contributed by atoms with Crippen molar-refractivity contribution in [3.8, 4) is 0 Å². The van der Waals surface area contributed by atoms with E-state index < -0.39 is 55.5 Å². The number of hydrogen-bond donors (Lipinski definition) is 8. The molecule has 7 rings (SSSR count). The number of aliphatic hydroxyl groups is 6. The van der Waals surface area contributed by atoms with E-state index in [1.165, 1.54) is 18.2 Å². The van der Waals surface area contributed by atoms with Crippen molar-refractivity contribution in [2.24, 2.45) is 0 Å². The van der Waals surface area contributed by atoms with Crippen molar-refractivity contribution in [1.29, 1.82) is 0 Å². The summed E-state index contributed by atoms with van der Waals surface area (Å²) in [6.07, 6.45) is 4.43. The smallest absolute Gasteiger partial charge is 0.276 e. The SMILES string of the molecule is O=C1c2c(c3c4c([nH]c3c3c2=C2C=CC(O)=CC2N3[C@@H]2OC[C@@H](O)[C@H]2O)=CC(O)=CC4)C(=O)N1NC(CO)CO. The first-order valence-electron chi connectivity index (χ1n) is 12.8. The topological polar surface area (TPSA) is 199 Å². The molecule has 0 spiro atoms. The number of anilines is 1. The number of benzene rings is 1. The number of carbonyl (C=O) groups is 2. The summed E-state index contributed by atoms with van der Waals surface area (Å²) >= 11 is 0. The molecule has 5 aliphatic rings. The van der Waals surface area contributed by atoms with Crippen molar-refractivity contribution in [1.82, 2.24) is 15.4 Å². The normalized spacial score (nSPS) is 26.8. The Hall–Kier alpha value is -3.98. The number of amides is 2. The molecular formula is C27H26N4O9. The number of ether oxygens (including phenoxy) is 1. The van der Waals surface area contributed by atoms with Crippen LogP contribution in [0.3, 0.4) is 0 Å². The van der Waals surface area contributed by atoms with Gasteiger partial charge >= 0.3 is 0 Å². The summed E-state index contributed by atoms with van der Waals surface area (Å²) in [7, 11) is 0. The molecule has 2 aromatic rings. The van der Waals surface area contributed by atoms with Crippen LogP contribution in [0.2, 0.25) is 0 Å². The van der Waals surface area contributed by atoms with Gasteiger partial charge in [-0.25, -0.2) is 10.4 Å². The fraction of sp³-hybridized carbons (Fsp3) is 0.333. The van der Waals surface area contributed by atoms with Crippen LogP contribution < -0.4 is 20.9 Å². The second-order valence-electron chi connectivity index (χ2n) is 10.4. The number of allylic oxidation sites excluding steroid dienone is 3. The fourth-order valence-electron chi connectivity index (χ4n) is 6.27. The first kappa shape index (κ1) is 25.0. The maximum absolute atomic E-state index is 14.0. The molecule has 0 bridgehead atoms. The summed E-state index contributed by atoms with van der Waals surface area (Å²) in [4.78, 5) is 32.8. The van der Waals surface area contributed by atoms with Crippen molar-refractivity contribution < 1.29 is 45.0 Å². The lowest BCUT2D eigenvalue weighted by Gasteiger charge is -2.35. The molecule has 2 amide bonds. The third kappa shape index (κ3) is 3.24. The van der Waals surface area contributed by atoms with E-state index >= 15 is 0 Å². The molecule has 2 aliphatic carbocycles. The van der Waals surface area contributed by atoms with Crippen LogP contribution in [0, 0.1) is 0 Å². The summed E-state index contributed by atoms with van der Waals surface area (Å²) in [6, 6.07) is -1.70. The molecule has 3 aliphatic heterocycles. The first-order chi connectivity index (χ1) is 19.2. The summed E-state index contributed by atoms with van der Waals surface area (Å²) in [6.45, 7) is -1.20. The van der Waals surface area contributed by atoms with E-state index in [1.807, 2.05) is 0 Å². The second kappa shape index (κ2) is 8.76. The zero-order chi connectivity index (χ0) is 28.0. The standard InChI is InChI=1S/C27H26N4O9/c32-7-10(8-33)29-31-25(38)20-18-13-3-1-11(34)5-15(13)28-22(18)23-19(21(20)26(31)39)14-4-2-12(35)6-16(14)30(23)27-24(37)17(36)9-40-27/h1-2,4-6,10,16-17,24,27-29,32-37H,3,7-9H2/t16?,17-,24-,27-/m1/s1. The zero-order valence-corrected chi connectivity index (χ0v) is 20.9. The van der Waals surface area contributed by atoms with E-state index in [1.54, 1.807) is 17.1 Å². The number of carbonyl (C=O) groups excluding carboxylic acids is 2. The van der Waals surface area contributed by atoms with Gasteiger partial charge in [0.1, 0.15) is 23.7 Å². The number of hydrazine groups is 1. The molecule has 13 heteroatoms. The largest absolute Gasteiger partial charge is 0.508 e. The molecule has 0 saturated carbocycles. The number of hydrogen-bond acceptors (Lipinski definition) is 11. The van der Waals surface area contributed by atoms with Crippen molar-refractivity contribution in [3.63, 3.8) is 0 Å². The van der Waals surface area contributed by atoms with Crippen molar-refractivity contribution in [2.45, 2.75) is 36.9 Å². The lowest BCUT2D eigenvalue weighted by molar-refractivity contribution is 0.0215. The summed E-state index contributed by atoms with van der Waals surface area (Å²) in [5.41, 5.74) is 4.90. The van der Waals surface area contributed by atoms with E-state index in [9.17, 15) is 40.2 Å². The third-order valence-electron chi connectivity index (χ3n) is 8.08. The molecule has 208 valence electrons. The fourth-order valence-corrected chi connectivity index (χ4v) is 6.27. The molecule has 0 radical (unpaired) electrons. The maximum Gasteiger partial charge on any atom is 0.276 e. The second-order valence-corrected chi connectivity index (χ2v) is 10.4. The van der Waals surface area contributed by atoms with Crippen LogP contribution in [-0.4, -0.2) is 103 Å². The Balaban J connectivity index is 1.58. The Bertz CT molecular complexity index is 1720. The van der Waals surface area contributed by atoms with Gasteiger partial charge in [0.2, 0.25) is 0 Å². The van der Waals surface area contributed by atoms with Crippen LogP contribution >= 0.6 is 0 Å². The highest BCUT2D eigenvalue weighted by molar-refractivity contribution is 6.29. The predicted octanol–water partition coefficient (Wildman–Crippen LogP) is -2.17. The number of fused-ring (bicyclic) bond motifs is 9. The maximum atomic E-state index is 14.0. The monoisotopic (exact) mass is 550 g/mol. The number of rotatable bonds is 5. The molecule has 40 heavy (non-hydrogen) atoms. The number of nitrogens with zero attached hydrogens (tertiary/aromatic N) is 2. The van der Waals surface area contributed by atoms with Crippen LogP contribution in [0.1, 0.15) is 26.3 Å². The van der Waals surface area contributed by atoms with Gasteiger partial charge in [-0.3, -0.25) is 9.59 Å². The average Bonchev–Trinajstić information content (AvgIpc) is 3.63. The van der Waals surface area contributed by atoms with Gasteiger partial charge in [-0.2, -0.15) is 0 Å². The van der Waals surface area contributed by atoms with Gasteiger partial charge in [-0.05, 0) is 35.8 Å². The van der Waals surface area contributed by atoms with Crippen molar-refractivity contribution >= 4 is 40.1 Å². The highest BCUT2D eigenvalue weighted by Crippen LogP contribution is 2.43. The minimum Gasteiger partial charge on any atom is -0.508 e. The minimum absolute atomic E-state index is 0.0279. The van der Waals surface area contributed by atoms with Crippen LogP contribution in [0.4, 0.5) is 5.69 Å². The Morgan fingerprint density at radius 1 is 1.07 bits per heavy atom. The van der Waals surface area contributed by atoms with Gasteiger partial charge in [-0.15, -0.1) is 0 Å². The Kier molecular flexibility index (Phi) is 5.48. The van der Waals surface area contributed by atoms with Gasteiger partial charge in [0, 0.05) is 22.0 Å². The number of aromatic amines is 1. The predicted molar refractivity (Wildman–Crippen MR) is 139 cm³/mol. The Morgan fingerprint density at radius 3 is 2.52 bits per heavy atom. The summed E-state index contributed by atoms with van der Waals surface area (Å²) < 4.78 is 5.82. The minimum atomic E-state index is -1.32. The third-order valence-corrected chi connectivity index (χ3v) is 8.08. The molecule has 4 heterocycles. The highest BCUT2D eigenvalue weighted by atomic mass is 16.5. The van der Waals surface area contributed by atoms with Crippen LogP contribution in [-0.2, 0) is 11.2 Å².